The molecule has 0 aromatic rings. The topological polar surface area (TPSA) is 32.3 Å². The predicted molar refractivity (Wildman–Crippen MR) is 32.4 cm³/mol. The summed E-state index contributed by atoms with van der Waals surface area (Å²) in [5, 5.41) is 2.63. The SMILES string of the molecule is CC(=O)NCN(C)C. The van der Waals surface area contributed by atoms with Crippen LogP contribution in [-0.4, -0.2) is 31.6 Å². The van der Waals surface area contributed by atoms with Crippen molar-refractivity contribution in [3.05, 3.63) is 0 Å². The highest BCUT2D eigenvalue weighted by atomic mass is 16.1. The molecule has 0 aromatic carbocycles. The summed E-state index contributed by atoms with van der Waals surface area (Å²) >= 11 is 0. The second kappa shape index (κ2) is 3.43. The van der Waals surface area contributed by atoms with E-state index < -0.39 is 0 Å². The minimum atomic E-state index is 0.0127. The monoisotopic (exact) mass is 116 g/mol. The van der Waals surface area contributed by atoms with Crippen LogP contribution in [0, 0.1) is 0 Å². The van der Waals surface area contributed by atoms with Gasteiger partial charge in [0.2, 0.25) is 5.91 Å². The number of carbonyl (C=O) groups is 1. The summed E-state index contributed by atoms with van der Waals surface area (Å²) in [6.07, 6.45) is 0. The molecule has 0 fully saturated rings. The smallest absolute Gasteiger partial charge is 0.217 e. The molecule has 0 heterocycles. The van der Waals surface area contributed by atoms with Crippen LogP contribution >= 0.6 is 0 Å². The molecule has 0 rings (SSSR count). The van der Waals surface area contributed by atoms with Gasteiger partial charge in [0.25, 0.3) is 0 Å². The van der Waals surface area contributed by atoms with Crippen LogP contribution in [0.5, 0.6) is 0 Å². The molecule has 0 bridgehead atoms. The van der Waals surface area contributed by atoms with Crippen molar-refractivity contribution in [3.8, 4) is 0 Å². The number of hydrogen-bond acceptors (Lipinski definition) is 2. The first-order chi connectivity index (χ1) is 3.63. The third-order valence-corrected chi connectivity index (χ3v) is 0.644. The minimum Gasteiger partial charge on any atom is -0.344 e. The van der Waals surface area contributed by atoms with Gasteiger partial charge in [-0.3, -0.25) is 9.69 Å². The molecule has 3 heteroatoms. The third-order valence-electron chi connectivity index (χ3n) is 0.644. The molecule has 1 N–H and O–H groups in total. The molecule has 8 heavy (non-hydrogen) atoms. The normalized spacial score (nSPS) is 9.50. The van der Waals surface area contributed by atoms with Gasteiger partial charge in [-0.05, 0) is 14.1 Å². The van der Waals surface area contributed by atoms with E-state index in [0.29, 0.717) is 6.67 Å². The summed E-state index contributed by atoms with van der Waals surface area (Å²) in [6.45, 7) is 2.12. The maximum absolute atomic E-state index is 10.2. The number of nitrogens with zero attached hydrogens (tertiary/aromatic N) is 1. The molecule has 0 spiro atoms. The number of carbonyl (C=O) groups excluding carboxylic acids is 1. The molecular formula is C5H12N2O. The highest BCUT2D eigenvalue weighted by Crippen LogP contribution is 1.66. The Morgan fingerprint density at radius 3 is 2.25 bits per heavy atom. The predicted octanol–water partition coefficient (Wildman–Crippen LogP) is -0.358. The zero-order chi connectivity index (χ0) is 6.57. The first-order valence-corrected chi connectivity index (χ1v) is 2.52. The van der Waals surface area contributed by atoms with E-state index in [1.165, 1.54) is 6.92 Å². The maximum Gasteiger partial charge on any atom is 0.217 e. The van der Waals surface area contributed by atoms with E-state index in [1.807, 2.05) is 19.0 Å². The van der Waals surface area contributed by atoms with Crippen molar-refractivity contribution in [1.82, 2.24) is 10.2 Å². The van der Waals surface area contributed by atoms with Crippen molar-refractivity contribution in [2.75, 3.05) is 20.8 Å². The van der Waals surface area contributed by atoms with Crippen LogP contribution in [-0.2, 0) is 4.79 Å². The summed E-state index contributed by atoms with van der Waals surface area (Å²) in [5.41, 5.74) is 0. The van der Waals surface area contributed by atoms with E-state index in [4.69, 9.17) is 0 Å². The Bertz CT molecular complexity index is 80.5. The molecule has 0 aliphatic heterocycles. The largest absolute Gasteiger partial charge is 0.344 e. The summed E-state index contributed by atoms with van der Waals surface area (Å²) in [5.74, 6) is 0.0127. The first kappa shape index (κ1) is 7.43. The molecule has 0 saturated heterocycles. The summed E-state index contributed by atoms with van der Waals surface area (Å²) in [4.78, 5) is 12.1. The summed E-state index contributed by atoms with van der Waals surface area (Å²) < 4.78 is 0. The molecule has 3 nitrogen and oxygen atoms in total. The van der Waals surface area contributed by atoms with Gasteiger partial charge >= 0.3 is 0 Å². The fourth-order valence-electron chi connectivity index (χ4n) is 0.269. The van der Waals surface area contributed by atoms with Crippen molar-refractivity contribution in [2.45, 2.75) is 6.92 Å². The van der Waals surface area contributed by atoms with E-state index in [1.54, 1.807) is 0 Å². The van der Waals surface area contributed by atoms with Gasteiger partial charge in [0.05, 0.1) is 6.67 Å². The van der Waals surface area contributed by atoms with E-state index in [9.17, 15) is 4.79 Å². The molecule has 1 amide bonds. The highest BCUT2D eigenvalue weighted by molar-refractivity contribution is 5.72. The van der Waals surface area contributed by atoms with Gasteiger partial charge in [-0.2, -0.15) is 0 Å². The summed E-state index contributed by atoms with van der Waals surface area (Å²) in [6, 6.07) is 0. The van der Waals surface area contributed by atoms with Gasteiger partial charge in [0.15, 0.2) is 0 Å². The van der Waals surface area contributed by atoms with Gasteiger partial charge in [0.1, 0.15) is 0 Å². The number of nitrogens with one attached hydrogen (secondary N) is 1. The van der Waals surface area contributed by atoms with Crippen LogP contribution < -0.4 is 5.32 Å². The lowest BCUT2D eigenvalue weighted by Crippen LogP contribution is -2.31. The lowest BCUT2D eigenvalue weighted by Gasteiger charge is -2.08. The van der Waals surface area contributed by atoms with Crippen LogP contribution in [0.25, 0.3) is 0 Å². The number of hydrogen-bond donors (Lipinski definition) is 1. The van der Waals surface area contributed by atoms with Crippen LogP contribution in [0.3, 0.4) is 0 Å². The van der Waals surface area contributed by atoms with Crippen molar-refractivity contribution in [1.29, 1.82) is 0 Å². The van der Waals surface area contributed by atoms with Crippen LogP contribution in [0.4, 0.5) is 0 Å². The Morgan fingerprint density at radius 2 is 2.12 bits per heavy atom. The quantitative estimate of drug-likeness (QED) is 0.500. The van der Waals surface area contributed by atoms with Crippen molar-refractivity contribution in [2.24, 2.45) is 0 Å². The van der Waals surface area contributed by atoms with Gasteiger partial charge in [-0.25, -0.2) is 0 Å². The van der Waals surface area contributed by atoms with Gasteiger partial charge in [0, 0.05) is 6.92 Å². The molecule has 0 saturated carbocycles. The molecule has 0 radical (unpaired) electrons. The molecule has 0 aliphatic rings. The average Bonchev–Trinajstić information content (AvgIpc) is 1.61. The first-order valence-electron chi connectivity index (χ1n) is 2.52. The van der Waals surface area contributed by atoms with Crippen molar-refractivity contribution < 1.29 is 4.79 Å². The van der Waals surface area contributed by atoms with E-state index >= 15 is 0 Å². The second-order valence-electron chi connectivity index (χ2n) is 1.97. The average molecular weight is 116 g/mol. The summed E-state index contributed by atoms with van der Waals surface area (Å²) in [7, 11) is 3.80. The van der Waals surface area contributed by atoms with Gasteiger partial charge < -0.3 is 5.32 Å². The Kier molecular flexibility index (Phi) is 3.19. The fourth-order valence-corrected chi connectivity index (χ4v) is 0.269. The highest BCUT2D eigenvalue weighted by Gasteiger charge is 1.88. The lowest BCUT2D eigenvalue weighted by molar-refractivity contribution is -0.119. The standard InChI is InChI=1S/C5H12N2O/c1-5(8)6-4-7(2)3/h4H2,1-3H3,(H,6,8). The fraction of sp³-hybridized carbons (Fsp3) is 0.800. The molecule has 0 aromatic heterocycles. The van der Waals surface area contributed by atoms with E-state index in [-0.39, 0.29) is 5.91 Å². The van der Waals surface area contributed by atoms with Gasteiger partial charge in [-0.15, -0.1) is 0 Å². The third kappa shape index (κ3) is 5.43. The number of rotatable bonds is 2. The Morgan fingerprint density at radius 1 is 1.62 bits per heavy atom. The Labute approximate surface area is 49.7 Å². The molecule has 48 valence electrons. The molecule has 0 unspecified atom stereocenters. The van der Waals surface area contributed by atoms with E-state index in [0.717, 1.165) is 0 Å². The molecule has 0 aliphatic carbocycles. The second-order valence-corrected chi connectivity index (χ2v) is 1.97. The lowest BCUT2D eigenvalue weighted by atomic mass is 10.7. The van der Waals surface area contributed by atoms with Crippen molar-refractivity contribution in [3.63, 3.8) is 0 Å². The minimum absolute atomic E-state index is 0.0127. The van der Waals surface area contributed by atoms with Crippen LogP contribution in [0.2, 0.25) is 0 Å². The number of amides is 1. The van der Waals surface area contributed by atoms with Crippen LogP contribution in [0.1, 0.15) is 6.92 Å². The zero-order valence-electron chi connectivity index (χ0n) is 5.56. The molecule has 0 atom stereocenters. The molecular weight excluding hydrogens is 104 g/mol. The van der Waals surface area contributed by atoms with E-state index in [2.05, 4.69) is 5.32 Å². The van der Waals surface area contributed by atoms with Crippen LogP contribution in [0.15, 0.2) is 0 Å². The maximum atomic E-state index is 10.2. The van der Waals surface area contributed by atoms with Crippen molar-refractivity contribution >= 4 is 5.91 Å². The Balaban J connectivity index is 3.05. The zero-order valence-corrected chi connectivity index (χ0v) is 5.56. The Hall–Kier alpha value is -0.570. The van der Waals surface area contributed by atoms with Gasteiger partial charge in [-0.1, -0.05) is 0 Å².